The van der Waals surface area contributed by atoms with Gasteiger partial charge in [-0.25, -0.2) is 4.79 Å². The highest BCUT2D eigenvalue weighted by Gasteiger charge is 2.20. The lowest BCUT2D eigenvalue weighted by Crippen LogP contribution is -2.51. The SMILES string of the molecule is C=C(Br)CN1CCN(C(=O)NCC)CC1. The zero-order valence-corrected chi connectivity index (χ0v) is 10.7. The first-order valence-corrected chi connectivity index (χ1v) is 6.01. The Labute approximate surface area is 99.4 Å². The quantitative estimate of drug-likeness (QED) is 0.842. The third-order valence-electron chi connectivity index (χ3n) is 2.38. The zero-order chi connectivity index (χ0) is 11.3. The number of rotatable bonds is 3. The Morgan fingerprint density at radius 3 is 2.47 bits per heavy atom. The molecule has 4 nitrogen and oxygen atoms in total. The Morgan fingerprint density at radius 2 is 2.00 bits per heavy atom. The van der Waals surface area contributed by atoms with Gasteiger partial charge in [-0.15, -0.1) is 0 Å². The molecule has 0 aliphatic carbocycles. The van der Waals surface area contributed by atoms with Gasteiger partial charge in [0.05, 0.1) is 0 Å². The monoisotopic (exact) mass is 275 g/mol. The number of halogens is 1. The van der Waals surface area contributed by atoms with Gasteiger partial charge >= 0.3 is 6.03 Å². The molecule has 5 heteroatoms. The van der Waals surface area contributed by atoms with E-state index in [0.717, 1.165) is 37.2 Å². The molecular formula is C10H18BrN3O. The summed E-state index contributed by atoms with van der Waals surface area (Å²) >= 11 is 3.35. The van der Waals surface area contributed by atoms with Gasteiger partial charge in [-0.1, -0.05) is 22.5 Å². The van der Waals surface area contributed by atoms with E-state index < -0.39 is 0 Å². The van der Waals surface area contributed by atoms with E-state index in [0.29, 0.717) is 6.54 Å². The van der Waals surface area contributed by atoms with E-state index in [9.17, 15) is 4.79 Å². The van der Waals surface area contributed by atoms with Crippen molar-refractivity contribution >= 4 is 22.0 Å². The topological polar surface area (TPSA) is 35.6 Å². The lowest BCUT2D eigenvalue weighted by molar-refractivity contribution is 0.147. The molecule has 0 aromatic carbocycles. The van der Waals surface area contributed by atoms with Crippen molar-refractivity contribution in [1.29, 1.82) is 0 Å². The van der Waals surface area contributed by atoms with E-state index in [1.165, 1.54) is 0 Å². The summed E-state index contributed by atoms with van der Waals surface area (Å²) in [5, 5.41) is 2.81. The first-order valence-electron chi connectivity index (χ1n) is 5.22. The van der Waals surface area contributed by atoms with Crippen LogP contribution >= 0.6 is 15.9 Å². The number of amides is 2. The molecule has 0 aromatic heterocycles. The zero-order valence-electron chi connectivity index (χ0n) is 9.13. The molecule has 1 aliphatic rings. The molecule has 0 radical (unpaired) electrons. The Bertz CT molecular complexity index is 237. The van der Waals surface area contributed by atoms with Crippen molar-refractivity contribution in [2.75, 3.05) is 39.3 Å². The van der Waals surface area contributed by atoms with Crippen LogP contribution in [0.2, 0.25) is 0 Å². The molecule has 1 aliphatic heterocycles. The van der Waals surface area contributed by atoms with Crippen molar-refractivity contribution in [2.24, 2.45) is 0 Å². The van der Waals surface area contributed by atoms with Gasteiger partial charge in [0.15, 0.2) is 0 Å². The van der Waals surface area contributed by atoms with Crippen molar-refractivity contribution in [3.63, 3.8) is 0 Å². The summed E-state index contributed by atoms with van der Waals surface area (Å²) in [7, 11) is 0. The molecule has 1 heterocycles. The Morgan fingerprint density at radius 1 is 1.40 bits per heavy atom. The van der Waals surface area contributed by atoms with Gasteiger partial charge in [0, 0.05) is 43.8 Å². The summed E-state index contributed by atoms with van der Waals surface area (Å²) in [5.74, 6) is 0. The van der Waals surface area contributed by atoms with Gasteiger partial charge < -0.3 is 10.2 Å². The van der Waals surface area contributed by atoms with E-state index in [-0.39, 0.29) is 6.03 Å². The maximum absolute atomic E-state index is 11.5. The number of hydrogen-bond acceptors (Lipinski definition) is 2. The van der Waals surface area contributed by atoms with Crippen LogP contribution < -0.4 is 5.32 Å². The number of carbonyl (C=O) groups excluding carboxylic acids is 1. The molecule has 1 rings (SSSR count). The molecule has 0 spiro atoms. The van der Waals surface area contributed by atoms with Crippen molar-refractivity contribution in [3.05, 3.63) is 11.1 Å². The minimum absolute atomic E-state index is 0.0508. The first-order chi connectivity index (χ1) is 7.13. The lowest BCUT2D eigenvalue weighted by atomic mass is 10.3. The second kappa shape index (κ2) is 6.12. The van der Waals surface area contributed by atoms with E-state index in [1.54, 1.807) is 0 Å². The second-order valence-electron chi connectivity index (χ2n) is 3.62. The van der Waals surface area contributed by atoms with E-state index in [1.807, 2.05) is 11.8 Å². The molecular weight excluding hydrogens is 258 g/mol. The van der Waals surface area contributed by atoms with Crippen molar-refractivity contribution in [3.8, 4) is 0 Å². The Kier molecular flexibility index (Phi) is 5.11. The maximum atomic E-state index is 11.5. The first kappa shape index (κ1) is 12.5. The minimum Gasteiger partial charge on any atom is -0.338 e. The average molecular weight is 276 g/mol. The maximum Gasteiger partial charge on any atom is 0.317 e. The van der Waals surface area contributed by atoms with Gasteiger partial charge in [0.25, 0.3) is 0 Å². The standard InChI is InChI=1S/C10H18BrN3O/c1-3-12-10(15)14-6-4-13(5-7-14)8-9(2)11/h2-8H2,1H3,(H,12,15). The minimum atomic E-state index is 0.0508. The van der Waals surface area contributed by atoms with Crippen LogP contribution in [-0.4, -0.2) is 55.1 Å². The molecule has 0 aromatic rings. The molecule has 2 amide bonds. The summed E-state index contributed by atoms with van der Waals surface area (Å²) < 4.78 is 0.994. The van der Waals surface area contributed by atoms with Crippen LogP contribution in [0.4, 0.5) is 4.79 Å². The molecule has 0 saturated carbocycles. The third-order valence-corrected chi connectivity index (χ3v) is 2.63. The van der Waals surface area contributed by atoms with Crippen molar-refractivity contribution in [2.45, 2.75) is 6.92 Å². The number of hydrogen-bond donors (Lipinski definition) is 1. The normalized spacial score (nSPS) is 17.6. The van der Waals surface area contributed by atoms with Crippen molar-refractivity contribution < 1.29 is 4.79 Å². The number of piperazine rings is 1. The molecule has 1 saturated heterocycles. The second-order valence-corrected chi connectivity index (χ2v) is 4.74. The highest BCUT2D eigenvalue weighted by Crippen LogP contribution is 2.07. The van der Waals surface area contributed by atoms with E-state index in [2.05, 4.69) is 32.7 Å². The predicted octanol–water partition coefficient (Wildman–Crippen LogP) is 1.24. The van der Waals surface area contributed by atoms with Gasteiger partial charge in [0.2, 0.25) is 0 Å². The van der Waals surface area contributed by atoms with Crippen LogP contribution in [0.5, 0.6) is 0 Å². The van der Waals surface area contributed by atoms with Gasteiger partial charge in [-0.2, -0.15) is 0 Å². The average Bonchev–Trinajstić information content (AvgIpc) is 2.18. The van der Waals surface area contributed by atoms with Crippen molar-refractivity contribution in [1.82, 2.24) is 15.1 Å². The van der Waals surface area contributed by atoms with Crippen LogP contribution in [0.15, 0.2) is 11.1 Å². The largest absolute Gasteiger partial charge is 0.338 e. The predicted molar refractivity (Wildman–Crippen MR) is 65.2 cm³/mol. The number of carbonyl (C=O) groups is 1. The van der Waals surface area contributed by atoms with E-state index >= 15 is 0 Å². The summed E-state index contributed by atoms with van der Waals surface area (Å²) in [6.07, 6.45) is 0. The fourth-order valence-electron chi connectivity index (χ4n) is 1.61. The highest BCUT2D eigenvalue weighted by atomic mass is 79.9. The Hall–Kier alpha value is -0.550. The summed E-state index contributed by atoms with van der Waals surface area (Å²) in [6, 6.07) is 0.0508. The molecule has 86 valence electrons. The molecule has 1 N–H and O–H groups in total. The molecule has 15 heavy (non-hydrogen) atoms. The van der Waals surface area contributed by atoms with Crippen LogP contribution in [0.3, 0.4) is 0 Å². The fourth-order valence-corrected chi connectivity index (χ4v) is 1.97. The molecule has 0 bridgehead atoms. The molecule has 0 unspecified atom stereocenters. The number of urea groups is 1. The smallest absolute Gasteiger partial charge is 0.317 e. The molecule has 1 fully saturated rings. The summed E-state index contributed by atoms with van der Waals surface area (Å²) in [4.78, 5) is 15.6. The highest BCUT2D eigenvalue weighted by molar-refractivity contribution is 9.11. The van der Waals surface area contributed by atoms with Crippen LogP contribution in [0.25, 0.3) is 0 Å². The lowest BCUT2D eigenvalue weighted by Gasteiger charge is -2.34. The van der Waals surface area contributed by atoms with E-state index in [4.69, 9.17) is 0 Å². The summed E-state index contributed by atoms with van der Waals surface area (Å²) in [5.41, 5.74) is 0. The van der Waals surface area contributed by atoms with Gasteiger partial charge in [0.1, 0.15) is 0 Å². The van der Waals surface area contributed by atoms with Crippen LogP contribution in [0, 0.1) is 0 Å². The summed E-state index contributed by atoms with van der Waals surface area (Å²) in [6.45, 7) is 10.7. The number of nitrogens with zero attached hydrogens (tertiary/aromatic N) is 2. The third kappa shape index (κ3) is 4.22. The molecule has 0 atom stereocenters. The van der Waals surface area contributed by atoms with Crippen LogP contribution in [-0.2, 0) is 0 Å². The Balaban J connectivity index is 2.29. The van der Waals surface area contributed by atoms with Gasteiger partial charge in [-0.05, 0) is 6.92 Å². The fraction of sp³-hybridized carbons (Fsp3) is 0.700. The van der Waals surface area contributed by atoms with Gasteiger partial charge in [-0.3, -0.25) is 4.90 Å². The van der Waals surface area contributed by atoms with Crippen LogP contribution in [0.1, 0.15) is 6.92 Å². The number of nitrogens with one attached hydrogen (secondary N) is 1.